The lowest BCUT2D eigenvalue weighted by atomic mass is 10.0. The summed E-state index contributed by atoms with van der Waals surface area (Å²) in [6.45, 7) is 3.01. The van der Waals surface area contributed by atoms with Crippen LogP contribution in [0, 0.1) is 6.92 Å². The van der Waals surface area contributed by atoms with Crippen molar-refractivity contribution < 1.29 is 4.42 Å². The molecule has 0 fully saturated rings. The summed E-state index contributed by atoms with van der Waals surface area (Å²) in [7, 11) is 0. The zero-order chi connectivity index (χ0) is 13.5. The molecule has 2 aromatic heterocycles. The van der Waals surface area contributed by atoms with Gasteiger partial charge in [-0.3, -0.25) is 0 Å². The van der Waals surface area contributed by atoms with Crippen molar-refractivity contribution in [1.82, 2.24) is 9.97 Å². The summed E-state index contributed by atoms with van der Waals surface area (Å²) in [4.78, 5) is 8.89. The highest BCUT2D eigenvalue weighted by Crippen LogP contribution is 2.29. The van der Waals surface area contributed by atoms with Crippen molar-refractivity contribution in [3.63, 3.8) is 0 Å². The average molecular weight is 265 g/mol. The smallest absolute Gasteiger partial charge is 0.228 e. The topological polar surface area (TPSA) is 51.0 Å². The lowest BCUT2D eigenvalue weighted by Gasteiger charge is -2.17. The third-order valence-electron chi connectivity index (χ3n) is 3.68. The minimum atomic E-state index is 0.645. The van der Waals surface area contributed by atoms with Crippen molar-refractivity contribution in [2.24, 2.45) is 0 Å². The molecule has 1 aliphatic heterocycles. The Bertz CT molecular complexity index is 792. The molecule has 0 radical (unpaired) electrons. The summed E-state index contributed by atoms with van der Waals surface area (Å²) >= 11 is 0. The number of pyridine rings is 1. The van der Waals surface area contributed by atoms with Gasteiger partial charge in [0, 0.05) is 23.5 Å². The maximum absolute atomic E-state index is 5.81. The Morgan fingerprint density at radius 2 is 2.10 bits per heavy atom. The Morgan fingerprint density at radius 1 is 1.15 bits per heavy atom. The van der Waals surface area contributed by atoms with Gasteiger partial charge in [0.25, 0.3) is 0 Å². The molecule has 0 saturated heterocycles. The number of benzene rings is 1. The van der Waals surface area contributed by atoms with Crippen LogP contribution >= 0.6 is 0 Å². The van der Waals surface area contributed by atoms with Gasteiger partial charge in [-0.05, 0) is 55.7 Å². The van der Waals surface area contributed by atoms with E-state index in [0.717, 1.165) is 29.8 Å². The predicted octanol–water partition coefficient (Wildman–Crippen LogP) is 3.56. The number of aryl methyl sites for hydroxylation is 2. The van der Waals surface area contributed by atoms with Crippen molar-refractivity contribution in [3.05, 3.63) is 41.6 Å². The summed E-state index contributed by atoms with van der Waals surface area (Å²) < 4.78 is 5.81. The summed E-state index contributed by atoms with van der Waals surface area (Å²) in [5.74, 6) is 0.645. The second-order valence-electron chi connectivity index (χ2n) is 5.20. The first kappa shape index (κ1) is 11.5. The molecule has 0 unspecified atom stereocenters. The van der Waals surface area contributed by atoms with Gasteiger partial charge in [-0.15, -0.1) is 0 Å². The molecule has 0 atom stereocenters. The molecule has 1 aliphatic rings. The second kappa shape index (κ2) is 4.34. The van der Waals surface area contributed by atoms with E-state index in [0.29, 0.717) is 11.5 Å². The van der Waals surface area contributed by atoms with E-state index in [1.165, 1.54) is 17.7 Å². The Kier molecular flexibility index (Phi) is 2.49. The van der Waals surface area contributed by atoms with Gasteiger partial charge in [0.15, 0.2) is 11.2 Å². The van der Waals surface area contributed by atoms with Crippen LogP contribution in [0.4, 0.5) is 5.69 Å². The number of nitrogens with zero attached hydrogens (tertiary/aromatic N) is 2. The zero-order valence-corrected chi connectivity index (χ0v) is 11.3. The molecule has 1 aromatic carbocycles. The van der Waals surface area contributed by atoms with E-state index in [1.54, 1.807) is 0 Å². The van der Waals surface area contributed by atoms with Crippen LogP contribution in [-0.4, -0.2) is 16.5 Å². The van der Waals surface area contributed by atoms with Gasteiger partial charge in [-0.25, -0.2) is 4.98 Å². The molecule has 4 rings (SSSR count). The van der Waals surface area contributed by atoms with E-state index in [1.807, 2.05) is 19.1 Å². The Hall–Kier alpha value is -2.36. The summed E-state index contributed by atoms with van der Waals surface area (Å²) in [5.41, 5.74) is 5.94. The third-order valence-corrected chi connectivity index (χ3v) is 3.68. The summed E-state index contributed by atoms with van der Waals surface area (Å²) in [6, 6.07) is 10.2. The van der Waals surface area contributed by atoms with Gasteiger partial charge in [0.2, 0.25) is 5.89 Å². The predicted molar refractivity (Wildman–Crippen MR) is 78.8 cm³/mol. The van der Waals surface area contributed by atoms with E-state index < -0.39 is 0 Å². The normalized spacial score (nSPS) is 14.1. The number of fused-ring (bicyclic) bond motifs is 2. The highest BCUT2D eigenvalue weighted by molar-refractivity contribution is 5.73. The van der Waals surface area contributed by atoms with E-state index in [-0.39, 0.29) is 0 Å². The molecular weight excluding hydrogens is 250 g/mol. The van der Waals surface area contributed by atoms with Gasteiger partial charge < -0.3 is 9.73 Å². The van der Waals surface area contributed by atoms with E-state index in [4.69, 9.17) is 4.42 Å². The lowest BCUT2D eigenvalue weighted by molar-refractivity contribution is 0.619. The van der Waals surface area contributed by atoms with Crippen LogP contribution in [0.25, 0.3) is 22.7 Å². The van der Waals surface area contributed by atoms with Crippen LogP contribution in [-0.2, 0) is 6.42 Å². The SMILES string of the molecule is Cc1ccc2oc(-c3ccc4c(c3)CCCN4)nc2n1. The lowest BCUT2D eigenvalue weighted by Crippen LogP contribution is -2.11. The average Bonchev–Trinajstić information content (AvgIpc) is 2.89. The number of hydrogen-bond donors (Lipinski definition) is 1. The molecule has 3 heterocycles. The number of hydrogen-bond acceptors (Lipinski definition) is 4. The first-order valence-corrected chi connectivity index (χ1v) is 6.91. The molecule has 0 aliphatic carbocycles. The van der Waals surface area contributed by atoms with Gasteiger partial charge in [0.1, 0.15) is 0 Å². The first-order valence-electron chi connectivity index (χ1n) is 6.91. The maximum atomic E-state index is 5.81. The zero-order valence-electron chi connectivity index (χ0n) is 11.3. The third kappa shape index (κ3) is 1.84. The van der Waals surface area contributed by atoms with Crippen LogP contribution in [0.1, 0.15) is 17.7 Å². The highest BCUT2D eigenvalue weighted by Gasteiger charge is 2.13. The van der Waals surface area contributed by atoms with Gasteiger partial charge in [0.05, 0.1) is 0 Å². The minimum absolute atomic E-state index is 0.645. The van der Waals surface area contributed by atoms with Gasteiger partial charge in [-0.2, -0.15) is 4.98 Å². The molecule has 0 saturated carbocycles. The summed E-state index contributed by atoms with van der Waals surface area (Å²) in [6.07, 6.45) is 2.28. The molecule has 20 heavy (non-hydrogen) atoms. The van der Waals surface area contributed by atoms with Crippen LogP contribution in [0.3, 0.4) is 0 Å². The van der Waals surface area contributed by atoms with Crippen molar-refractivity contribution in [3.8, 4) is 11.5 Å². The molecule has 0 bridgehead atoms. The molecule has 100 valence electrons. The van der Waals surface area contributed by atoms with Crippen LogP contribution in [0.5, 0.6) is 0 Å². The van der Waals surface area contributed by atoms with Gasteiger partial charge >= 0.3 is 0 Å². The van der Waals surface area contributed by atoms with Crippen molar-refractivity contribution in [2.75, 3.05) is 11.9 Å². The Morgan fingerprint density at radius 3 is 3.05 bits per heavy atom. The standard InChI is InChI=1S/C16H15N3O/c1-10-4-7-14-15(18-10)19-16(20-14)12-5-6-13-11(9-12)3-2-8-17-13/h4-7,9,17H,2-3,8H2,1H3. The molecule has 0 spiro atoms. The largest absolute Gasteiger partial charge is 0.434 e. The van der Waals surface area contributed by atoms with E-state index in [2.05, 4.69) is 33.5 Å². The summed E-state index contributed by atoms with van der Waals surface area (Å²) in [5, 5.41) is 3.41. The minimum Gasteiger partial charge on any atom is -0.434 e. The Balaban J connectivity index is 1.82. The van der Waals surface area contributed by atoms with E-state index >= 15 is 0 Å². The van der Waals surface area contributed by atoms with Crippen LogP contribution in [0.2, 0.25) is 0 Å². The number of nitrogens with one attached hydrogen (secondary N) is 1. The monoisotopic (exact) mass is 265 g/mol. The van der Waals surface area contributed by atoms with Crippen molar-refractivity contribution >= 4 is 16.9 Å². The molecule has 4 heteroatoms. The number of rotatable bonds is 1. The van der Waals surface area contributed by atoms with Gasteiger partial charge in [-0.1, -0.05) is 0 Å². The van der Waals surface area contributed by atoms with Crippen molar-refractivity contribution in [1.29, 1.82) is 0 Å². The van der Waals surface area contributed by atoms with E-state index in [9.17, 15) is 0 Å². The molecular formula is C16H15N3O. The highest BCUT2D eigenvalue weighted by atomic mass is 16.3. The fourth-order valence-electron chi connectivity index (χ4n) is 2.64. The molecule has 4 nitrogen and oxygen atoms in total. The molecule has 3 aromatic rings. The molecule has 1 N–H and O–H groups in total. The van der Waals surface area contributed by atoms with Crippen LogP contribution in [0.15, 0.2) is 34.7 Å². The maximum Gasteiger partial charge on any atom is 0.228 e. The number of oxazole rings is 1. The fraction of sp³-hybridized carbons (Fsp3) is 0.250. The first-order chi connectivity index (χ1) is 9.79. The Labute approximate surface area is 116 Å². The quantitative estimate of drug-likeness (QED) is 0.731. The van der Waals surface area contributed by atoms with Crippen LogP contribution < -0.4 is 5.32 Å². The number of anilines is 1. The fourth-order valence-corrected chi connectivity index (χ4v) is 2.64. The van der Waals surface area contributed by atoms with Crippen molar-refractivity contribution in [2.45, 2.75) is 19.8 Å². The number of aromatic nitrogens is 2. The molecule has 0 amide bonds. The second-order valence-corrected chi connectivity index (χ2v) is 5.20.